The van der Waals surface area contributed by atoms with Crippen molar-refractivity contribution in [3.05, 3.63) is 59.7 Å². The van der Waals surface area contributed by atoms with Gasteiger partial charge in [-0.15, -0.1) is 0 Å². The molecule has 0 spiro atoms. The van der Waals surface area contributed by atoms with Gasteiger partial charge in [-0.05, 0) is 43.8 Å². The van der Waals surface area contributed by atoms with Crippen LogP contribution in [0.1, 0.15) is 23.5 Å². The molecule has 0 radical (unpaired) electrons. The molecule has 0 saturated carbocycles. The highest BCUT2D eigenvalue weighted by Crippen LogP contribution is 2.36. The summed E-state index contributed by atoms with van der Waals surface area (Å²) in [7, 11) is 5.38. The molecule has 0 aliphatic carbocycles. The number of hydrogen-bond acceptors (Lipinski definition) is 3. The minimum atomic E-state index is 0.281. The topological polar surface area (TPSA) is 30.5 Å². The van der Waals surface area contributed by atoms with Gasteiger partial charge in [-0.1, -0.05) is 30.3 Å². The van der Waals surface area contributed by atoms with Gasteiger partial charge >= 0.3 is 0 Å². The molecule has 3 nitrogen and oxygen atoms in total. The Morgan fingerprint density at radius 3 is 2.38 bits per heavy atom. The lowest BCUT2D eigenvalue weighted by Crippen LogP contribution is -2.14. The summed E-state index contributed by atoms with van der Waals surface area (Å²) in [6.45, 7) is 0.944. The van der Waals surface area contributed by atoms with Crippen molar-refractivity contribution in [3.63, 3.8) is 0 Å². The fraction of sp³-hybridized carbons (Fsp3) is 0.333. The zero-order chi connectivity index (χ0) is 15.1. The van der Waals surface area contributed by atoms with Crippen LogP contribution in [0.25, 0.3) is 0 Å². The largest absolute Gasteiger partial charge is 0.497 e. The molecule has 3 heteroatoms. The van der Waals surface area contributed by atoms with E-state index in [1.807, 2.05) is 25.2 Å². The summed E-state index contributed by atoms with van der Waals surface area (Å²) in [4.78, 5) is 0. The Bertz CT molecular complexity index is 554. The molecular weight excluding hydrogens is 262 g/mol. The number of hydrogen-bond donors (Lipinski definition) is 1. The van der Waals surface area contributed by atoms with Crippen LogP contribution < -0.4 is 14.8 Å². The lowest BCUT2D eigenvalue weighted by atomic mass is 9.87. The molecule has 2 aromatic carbocycles. The minimum Gasteiger partial charge on any atom is -0.497 e. The normalized spacial score (nSPS) is 12.0. The van der Waals surface area contributed by atoms with Gasteiger partial charge in [-0.2, -0.15) is 0 Å². The molecule has 21 heavy (non-hydrogen) atoms. The van der Waals surface area contributed by atoms with Crippen molar-refractivity contribution < 1.29 is 9.47 Å². The Hall–Kier alpha value is -2.00. The fourth-order valence-corrected chi connectivity index (χ4v) is 2.59. The summed E-state index contributed by atoms with van der Waals surface area (Å²) >= 11 is 0. The Morgan fingerprint density at radius 2 is 1.76 bits per heavy atom. The van der Waals surface area contributed by atoms with Crippen LogP contribution in [0.15, 0.2) is 48.5 Å². The van der Waals surface area contributed by atoms with Crippen LogP contribution in [0, 0.1) is 0 Å². The molecular formula is C18H23NO2. The Morgan fingerprint density at radius 1 is 1.00 bits per heavy atom. The summed E-state index contributed by atoms with van der Waals surface area (Å²) < 4.78 is 10.9. The van der Waals surface area contributed by atoms with E-state index in [2.05, 4.69) is 35.6 Å². The van der Waals surface area contributed by atoms with E-state index in [0.717, 1.165) is 24.5 Å². The van der Waals surface area contributed by atoms with Crippen molar-refractivity contribution in [2.24, 2.45) is 0 Å². The average molecular weight is 285 g/mol. The van der Waals surface area contributed by atoms with Crippen molar-refractivity contribution in [2.45, 2.75) is 12.3 Å². The number of benzene rings is 2. The smallest absolute Gasteiger partial charge is 0.122 e. The van der Waals surface area contributed by atoms with Gasteiger partial charge in [0.05, 0.1) is 14.2 Å². The Labute approximate surface area is 126 Å². The van der Waals surface area contributed by atoms with E-state index in [1.54, 1.807) is 14.2 Å². The van der Waals surface area contributed by atoms with Gasteiger partial charge in [0.2, 0.25) is 0 Å². The fourth-order valence-electron chi connectivity index (χ4n) is 2.59. The third-order valence-electron chi connectivity index (χ3n) is 3.70. The number of ether oxygens (including phenoxy) is 2. The molecule has 0 amide bonds. The third-order valence-corrected chi connectivity index (χ3v) is 3.70. The second kappa shape index (κ2) is 7.70. The maximum Gasteiger partial charge on any atom is 0.122 e. The highest BCUT2D eigenvalue weighted by atomic mass is 16.5. The molecule has 0 aromatic heterocycles. The molecule has 0 saturated heterocycles. The van der Waals surface area contributed by atoms with Gasteiger partial charge in [0, 0.05) is 11.5 Å². The molecule has 1 N–H and O–H groups in total. The van der Waals surface area contributed by atoms with Gasteiger partial charge in [-0.25, -0.2) is 0 Å². The average Bonchev–Trinajstić information content (AvgIpc) is 2.56. The molecule has 2 aromatic rings. The van der Waals surface area contributed by atoms with Gasteiger partial charge < -0.3 is 14.8 Å². The third kappa shape index (κ3) is 3.76. The van der Waals surface area contributed by atoms with Crippen LogP contribution in [0.3, 0.4) is 0 Å². The first kappa shape index (κ1) is 15.4. The van der Waals surface area contributed by atoms with E-state index in [-0.39, 0.29) is 5.92 Å². The van der Waals surface area contributed by atoms with Crippen LogP contribution in [-0.2, 0) is 0 Å². The first-order chi connectivity index (χ1) is 10.3. The summed E-state index contributed by atoms with van der Waals surface area (Å²) in [5, 5.41) is 3.23. The van der Waals surface area contributed by atoms with E-state index < -0.39 is 0 Å². The lowest BCUT2D eigenvalue weighted by molar-refractivity contribution is 0.396. The highest BCUT2D eigenvalue weighted by molar-refractivity contribution is 5.46. The van der Waals surface area contributed by atoms with Crippen molar-refractivity contribution in [1.29, 1.82) is 0 Å². The molecule has 0 heterocycles. The van der Waals surface area contributed by atoms with E-state index in [0.29, 0.717) is 0 Å². The molecule has 0 aliphatic rings. The van der Waals surface area contributed by atoms with Crippen molar-refractivity contribution >= 4 is 0 Å². The highest BCUT2D eigenvalue weighted by Gasteiger charge is 2.18. The summed E-state index contributed by atoms with van der Waals surface area (Å²) in [6.07, 6.45) is 1.00. The first-order valence-electron chi connectivity index (χ1n) is 7.21. The maximum absolute atomic E-state index is 5.55. The Balaban J connectivity index is 2.44. The molecule has 1 unspecified atom stereocenters. The monoisotopic (exact) mass is 285 g/mol. The van der Waals surface area contributed by atoms with Gasteiger partial charge in [-0.3, -0.25) is 0 Å². The molecule has 0 fully saturated rings. The predicted molar refractivity (Wildman–Crippen MR) is 86.4 cm³/mol. The van der Waals surface area contributed by atoms with Crippen molar-refractivity contribution in [2.75, 3.05) is 27.8 Å². The second-order valence-electron chi connectivity index (χ2n) is 4.96. The summed E-state index contributed by atoms with van der Waals surface area (Å²) in [5.74, 6) is 2.04. The second-order valence-corrected chi connectivity index (χ2v) is 4.96. The molecule has 112 valence electrons. The van der Waals surface area contributed by atoms with Crippen molar-refractivity contribution in [1.82, 2.24) is 5.32 Å². The molecule has 0 bridgehead atoms. The quantitative estimate of drug-likeness (QED) is 0.845. The number of methoxy groups -OCH3 is 2. The zero-order valence-corrected chi connectivity index (χ0v) is 12.9. The van der Waals surface area contributed by atoms with Crippen LogP contribution >= 0.6 is 0 Å². The number of rotatable bonds is 7. The number of nitrogens with one attached hydrogen (secondary N) is 1. The van der Waals surface area contributed by atoms with Crippen LogP contribution in [0.2, 0.25) is 0 Å². The van der Waals surface area contributed by atoms with E-state index >= 15 is 0 Å². The molecule has 2 rings (SSSR count). The first-order valence-corrected chi connectivity index (χ1v) is 7.21. The van der Waals surface area contributed by atoms with E-state index in [9.17, 15) is 0 Å². The summed E-state index contributed by atoms with van der Waals surface area (Å²) in [6, 6.07) is 16.5. The summed E-state index contributed by atoms with van der Waals surface area (Å²) in [5.41, 5.74) is 2.46. The molecule has 1 atom stereocenters. The Kier molecular flexibility index (Phi) is 5.64. The molecule has 0 aliphatic heterocycles. The van der Waals surface area contributed by atoms with Crippen LogP contribution in [-0.4, -0.2) is 27.8 Å². The standard InChI is InChI=1S/C18H23NO2/c1-19-12-11-16(14-7-5-4-6-8-14)17-13-15(20-2)9-10-18(17)21-3/h4-10,13,16,19H,11-12H2,1-3H3. The van der Waals surface area contributed by atoms with Gasteiger partial charge in [0.15, 0.2) is 0 Å². The SMILES string of the molecule is CNCCC(c1ccccc1)c1cc(OC)ccc1OC. The minimum absolute atomic E-state index is 0.281. The zero-order valence-electron chi connectivity index (χ0n) is 12.9. The van der Waals surface area contributed by atoms with Gasteiger partial charge in [0.25, 0.3) is 0 Å². The maximum atomic E-state index is 5.55. The lowest BCUT2D eigenvalue weighted by Gasteiger charge is -2.21. The van der Waals surface area contributed by atoms with Crippen molar-refractivity contribution in [3.8, 4) is 11.5 Å². The van der Waals surface area contributed by atoms with E-state index in [4.69, 9.17) is 9.47 Å². The predicted octanol–water partition coefficient (Wildman–Crippen LogP) is 3.45. The van der Waals surface area contributed by atoms with Crippen LogP contribution in [0.5, 0.6) is 11.5 Å². The van der Waals surface area contributed by atoms with Gasteiger partial charge in [0.1, 0.15) is 11.5 Å². The van der Waals surface area contributed by atoms with E-state index in [1.165, 1.54) is 11.1 Å². The van der Waals surface area contributed by atoms with Crippen LogP contribution in [0.4, 0.5) is 0 Å².